The van der Waals surface area contributed by atoms with Gasteiger partial charge in [-0.05, 0) is 44.9 Å². The molecule has 18 heavy (non-hydrogen) atoms. The third-order valence-corrected chi connectivity index (χ3v) is 4.97. The summed E-state index contributed by atoms with van der Waals surface area (Å²) in [5.74, 6) is 0. The Kier molecular flexibility index (Phi) is 3.31. The molecule has 3 aromatic rings. The van der Waals surface area contributed by atoms with Gasteiger partial charge >= 0.3 is 0 Å². The van der Waals surface area contributed by atoms with Crippen LogP contribution in [-0.4, -0.2) is 0 Å². The van der Waals surface area contributed by atoms with Crippen LogP contribution in [0.1, 0.15) is 0 Å². The van der Waals surface area contributed by atoms with Crippen LogP contribution in [0.25, 0.3) is 21.5 Å². The van der Waals surface area contributed by atoms with Gasteiger partial charge in [-0.25, -0.2) is 0 Å². The van der Waals surface area contributed by atoms with E-state index < -0.39 is 0 Å². The zero-order chi connectivity index (χ0) is 12.9. The van der Waals surface area contributed by atoms with Gasteiger partial charge in [0, 0.05) is 19.7 Å². The van der Waals surface area contributed by atoms with Crippen LogP contribution in [-0.2, 0) is 0 Å². The highest BCUT2D eigenvalue weighted by atomic mass is 79.9. The van der Waals surface area contributed by atoms with Gasteiger partial charge in [0.15, 0.2) is 0 Å². The van der Waals surface area contributed by atoms with Crippen molar-refractivity contribution in [1.29, 1.82) is 0 Å². The van der Waals surface area contributed by atoms with Gasteiger partial charge in [-0.15, -0.1) is 0 Å². The summed E-state index contributed by atoms with van der Waals surface area (Å²) in [5, 5.41) is 5.64. The van der Waals surface area contributed by atoms with Gasteiger partial charge in [0.05, 0.1) is 10.0 Å². The van der Waals surface area contributed by atoms with Crippen molar-refractivity contribution < 1.29 is 0 Å². The van der Waals surface area contributed by atoms with E-state index >= 15 is 0 Å². The molecule has 0 aliphatic heterocycles. The smallest absolute Gasteiger partial charge is 0.0626 e. The maximum atomic E-state index is 6.35. The molecule has 0 atom stereocenters. The van der Waals surface area contributed by atoms with Crippen LogP contribution >= 0.6 is 55.1 Å². The molecular weight excluding hydrogens is 399 g/mol. The van der Waals surface area contributed by atoms with Gasteiger partial charge in [0.25, 0.3) is 0 Å². The van der Waals surface area contributed by atoms with Crippen LogP contribution in [0.2, 0.25) is 10.0 Å². The minimum atomic E-state index is 0.716. The zero-order valence-electron chi connectivity index (χ0n) is 8.98. The maximum absolute atomic E-state index is 6.35. The largest absolute Gasteiger partial charge is 0.0836 e. The number of fused-ring (bicyclic) bond motifs is 3. The molecule has 0 saturated carbocycles. The van der Waals surface area contributed by atoms with Gasteiger partial charge in [0.1, 0.15) is 0 Å². The summed E-state index contributed by atoms with van der Waals surface area (Å²) in [6, 6.07) is 12.0. The van der Waals surface area contributed by atoms with E-state index in [2.05, 4.69) is 37.9 Å². The highest BCUT2D eigenvalue weighted by Gasteiger charge is 2.09. The topological polar surface area (TPSA) is 0 Å². The molecule has 4 heteroatoms. The van der Waals surface area contributed by atoms with E-state index in [9.17, 15) is 0 Å². The summed E-state index contributed by atoms with van der Waals surface area (Å²) in [6.45, 7) is 0. The lowest BCUT2D eigenvalue weighted by molar-refractivity contribution is 1.70. The van der Waals surface area contributed by atoms with Crippen LogP contribution in [0.4, 0.5) is 0 Å². The van der Waals surface area contributed by atoms with Gasteiger partial charge in [-0.3, -0.25) is 0 Å². The lowest BCUT2D eigenvalue weighted by Crippen LogP contribution is -1.82. The third-order valence-electron chi connectivity index (χ3n) is 2.92. The quantitative estimate of drug-likeness (QED) is 0.360. The Labute approximate surface area is 131 Å². The van der Waals surface area contributed by atoms with Crippen LogP contribution in [0.3, 0.4) is 0 Å². The summed E-state index contributed by atoms with van der Waals surface area (Å²) < 4.78 is 1.87. The fourth-order valence-corrected chi connectivity index (χ4v) is 3.64. The van der Waals surface area contributed by atoms with Gasteiger partial charge in [-0.1, -0.05) is 57.3 Å². The Morgan fingerprint density at radius 2 is 1.56 bits per heavy atom. The second kappa shape index (κ2) is 4.68. The first-order valence-corrected chi connectivity index (χ1v) is 7.57. The highest BCUT2D eigenvalue weighted by molar-refractivity contribution is 9.10. The summed E-state index contributed by atoms with van der Waals surface area (Å²) in [5.41, 5.74) is 0. The summed E-state index contributed by atoms with van der Waals surface area (Å²) in [7, 11) is 0. The molecule has 3 rings (SSSR count). The maximum Gasteiger partial charge on any atom is 0.0626 e. The lowest BCUT2D eigenvalue weighted by atomic mass is 10.0. The predicted molar refractivity (Wildman–Crippen MR) is 86.9 cm³/mol. The van der Waals surface area contributed by atoms with Crippen molar-refractivity contribution in [2.45, 2.75) is 0 Å². The fraction of sp³-hybridized carbons (Fsp3) is 0. The molecule has 0 spiro atoms. The summed E-state index contributed by atoms with van der Waals surface area (Å²) in [4.78, 5) is 0. The van der Waals surface area contributed by atoms with Crippen molar-refractivity contribution >= 4 is 76.6 Å². The first-order valence-electron chi connectivity index (χ1n) is 5.23. The molecule has 0 radical (unpaired) electrons. The number of rotatable bonds is 0. The number of halogens is 4. The monoisotopic (exact) mass is 402 g/mol. The summed E-state index contributed by atoms with van der Waals surface area (Å²) in [6.07, 6.45) is 0. The predicted octanol–water partition coefficient (Wildman–Crippen LogP) is 6.82. The van der Waals surface area contributed by atoms with Crippen molar-refractivity contribution in [3.8, 4) is 0 Å². The standard InChI is InChI=1S/C14H6Br2Cl2/c15-8-5-7-1-2-10-9(13(7)12(17)6-8)3-4-11(16)14(10)18/h1-6H. The average Bonchev–Trinajstić information content (AvgIpc) is 2.32. The number of benzene rings is 3. The molecule has 90 valence electrons. The Hall–Kier alpha value is -0.280. The van der Waals surface area contributed by atoms with Crippen LogP contribution in [0, 0.1) is 0 Å². The Morgan fingerprint density at radius 1 is 0.833 bits per heavy atom. The van der Waals surface area contributed by atoms with E-state index in [0.717, 1.165) is 35.5 Å². The van der Waals surface area contributed by atoms with Gasteiger partial charge in [0.2, 0.25) is 0 Å². The minimum absolute atomic E-state index is 0.716. The van der Waals surface area contributed by atoms with Crippen LogP contribution in [0.5, 0.6) is 0 Å². The second-order valence-corrected chi connectivity index (χ2v) is 6.56. The molecule has 0 aliphatic carbocycles. The zero-order valence-corrected chi connectivity index (χ0v) is 13.7. The normalized spacial score (nSPS) is 11.3. The minimum Gasteiger partial charge on any atom is -0.0836 e. The molecule has 0 unspecified atom stereocenters. The van der Waals surface area contributed by atoms with Crippen molar-refractivity contribution in [2.75, 3.05) is 0 Å². The van der Waals surface area contributed by atoms with E-state index in [-0.39, 0.29) is 0 Å². The molecule has 0 saturated heterocycles. The second-order valence-electron chi connectivity index (χ2n) is 4.01. The molecule has 0 nitrogen and oxygen atoms in total. The van der Waals surface area contributed by atoms with E-state index in [1.807, 2.05) is 30.3 Å². The van der Waals surface area contributed by atoms with Crippen molar-refractivity contribution in [2.24, 2.45) is 0 Å². The molecule has 0 fully saturated rings. The average molecular weight is 405 g/mol. The third kappa shape index (κ3) is 1.96. The molecular formula is C14H6Br2Cl2. The van der Waals surface area contributed by atoms with Crippen LogP contribution < -0.4 is 0 Å². The molecule has 0 N–H and O–H groups in total. The molecule has 0 aliphatic rings. The van der Waals surface area contributed by atoms with Crippen molar-refractivity contribution in [3.63, 3.8) is 0 Å². The Balaban J connectivity index is 2.58. The molecule has 3 aromatic carbocycles. The molecule has 0 heterocycles. The Morgan fingerprint density at radius 3 is 2.33 bits per heavy atom. The first-order chi connectivity index (χ1) is 8.58. The first kappa shape index (κ1) is 12.7. The van der Waals surface area contributed by atoms with Gasteiger partial charge in [-0.2, -0.15) is 0 Å². The van der Waals surface area contributed by atoms with Gasteiger partial charge < -0.3 is 0 Å². The van der Waals surface area contributed by atoms with E-state index in [4.69, 9.17) is 23.2 Å². The van der Waals surface area contributed by atoms with E-state index in [1.54, 1.807) is 0 Å². The SMILES string of the molecule is Clc1c(Br)ccc2c1ccc1cc(Br)cc(Cl)c12. The lowest BCUT2D eigenvalue weighted by Gasteiger charge is -2.09. The highest BCUT2D eigenvalue weighted by Crippen LogP contribution is 2.38. The fourth-order valence-electron chi connectivity index (χ4n) is 2.13. The van der Waals surface area contributed by atoms with E-state index in [1.165, 1.54) is 0 Å². The molecule has 0 aromatic heterocycles. The molecule has 0 bridgehead atoms. The molecule has 0 amide bonds. The summed E-state index contributed by atoms with van der Waals surface area (Å²) >= 11 is 19.6. The van der Waals surface area contributed by atoms with Crippen molar-refractivity contribution in [1.82, 2.24) is 0 Å². The van der Waals surface area contributed by atoms with E-state index in [0.29, 0.717) is 5.02 Å². The van der Waals surface area contributed by atoms with Crippen molar-refractivity contribution in [3.05, 3.63) is 55.4 Å². The Bertz CT molecular complexity index is 782. The number of hydrogen-bond donors (Lipinski definition) is 0. The number of hydrogen-bond acceptors (Lipinski definition) is 0. The van der Waals surface area contributed by atoms with Crippen LogP contribution in [0.15, 0.2) is 45.3 Å².